The summed E-state index contributed by atoms with van der Waals surface area (Å²) in [6.07, 6.45) is 2.47. The number of hydrogen-bond donors (Lipinski definition) is 1. The third-order valence-electron chi connectivity index (χ3n) is 3.50. The Balaban J connectivity index is 2.27. The lowest BCUT2D eigenvalue weighted by atomic mass is 10.0. The molecule has 4 heteroatoms. The van der Waals surface area contributed by atoms with Crippen LogP contribution in [-0.4, -0.2) is 61.5 Å². The normalized spacial score (nSPS) is 21.1. The molecule has 1 amide bonds. The number of hydrogen-bond acceptors (Lipinski definition) is 3. The summed E-state index contributed by atoms with van der Waals surface area (Å²) in [5.74, 6) is 0.0648. The van der Waals surface area contributed by atoms with Gasteiger partial charge in [0.15, 0.2) is 0 Å². The number of rotatable bonds is 4. The van der Waals surface area contributed by atoms with Crippen LogP contribution >= 0.6 is 0 Å². The monoisotopic (exact) mass is 227 g/mol. The lowest BCUT2D eigenvalue weighted by Crippen LogP contribution is -2.48. The van der Waals surface area contributed by atoms with E-state index < -0.39 is 0 Å². The summed E-state index contributed by atoms with van der Waals surface area (Å²) >= 11 is 0. The van der Waals surface area contributed by atoms with Crippen molar-refractivity contribution in [3.8, 4) is 0 Å². The molecule has 1 fully saturated rings. The fourth-order valence-corrected chi connectivity index (χ4v) is 2.26. The number of carbonyl (C=O) groups excluding carboxylic acids is 1. The van der Waals surface area contributed by atoms with Gasteiger partial charge < -0.3 is 10.2 Å². The van der Waals surface area contributed by atoms with E-state index in [-0.39, 0.29) is 5.91 Å². The molecular weight excluding hydrogens is 202 g/mol. The molecule has 0 bridgehead atoms. The zero-order valence-electron chi connectivity index (χ0n) is 11.0. The molecule has 1 atom stereocenters. The van der Waals surface area contributed by atoms with Crippen molar-refractivity contribution in [1.29, 1.82) is 0 Å². The molecule has 1 unspecified atom stereocenters. The largest absolute Gasteiger partial charge is 0.355 e. The van der Waals surface area contributed by atoms with Gasteiger partial charge >= 0.3 is 0 Å². The summed E-state index contributed by atoms with van der Waals surface area (Å²) in [7, 11) is 4.31. The van der Waals surface area contributed by atoms with Crippen LogP contribution in [0.3, 0.4) is 0 Å². The van der Waals surface area contributed by atoms with Crippen molar-refractivity contribution in [2.24, 2.45) is 0 Å². The summed E-state index contributed by atoms with van der Waals surface area (Å²) in [6, 6.07) is 1.18. The average molecular weight is 227 g/mol. The van der Waals surface area contributed by atoms with Crippen LogP contribution < -0.4 is 5.32 Å². The molecule has 0 saturated carbocycles. The highest BCUT2D eigenvalue weighted by Gasteiger charge is 2.23. The summed E-state index contributed by atoms with van der Waals surface area (Å²) in [6.45, 7) is 6.81. The fourth-order valence-electron chi connectivity index (χ4n) is 2.26. The van der Waals surface area contributed by atoms with E-state index >= 15 is 0 Å². The number of likely N-dealkylation sites (tertiary alicyclic amines) is 1. The van der Waals surface area contributed by atoms with Gasteiger partial charge in [0, 0.05) is 25.6 Å². The lowest BCUT2D eigenvalue weighted by Gasteiger charge is -2.38. The summed E-state index contributed by atoms with van der Waals surface area (Å²) in [5, 5.41) is 2.89. The van der Waals surface area contributed by atoms with Crippen LogP contribution in [0.4, 0.5) is 0 Å². The molecule has 1 aliphatic heterocycles. The second-order valence-corrected chi connectivity index (χ2v) is 5.02. The van der Waals surface area contributed by atoms with Gasteiger partial charge in [-0.3, -0.25) is 9.69 Å². The molecule has 4 nitrogen and oxygen atoms in total. The Morgan fingerprint density at radius 2 is 2.00 bits per heavy atom. The topological polar surface area (TPSA) is 35.6 Å². The highest BCUT2D eigenvalue weighted by molar-refractivity contribution is 5.72. The fraction of sp³-hybridized carbons (Fsp3) is 0.917. The van der Waals surface area contributed by atoms with Crippen LogP contribution in [0, 0.1) is 0 Å². The molecule has 0 aromatic rings. The standard InChI is InChI=1S/C12H25N3O/c1-10(9-13-11(2)16)15-7-5-12(6-8-15)14(3)4/h10,12H,5-9H2,1-4H3,(H,13,16). The van der Waals surface area contributed by atoms with Gasteiger partial charge in [0.05, 0.1) is 0 Å². The van der Waals surface area contributed by atoms with E-state index in [0.717, 1.165) is 25.7 Å². The Morgan fingerprint density at radius 1 is 1.44 bits per heavy atom. The van der Waals surface area contributed by atoms with Crippen LogP contribution in [0.2, 0.25) is 0 Å². The Kier molecular flexibility index (Phi) is 5.22. The van der Waals surface area contributed by atoms with Crippen LogP contribution in [-0.2, 0) is 4.79 Å². The molecule has 0 spiro atoms. The van der Waals surface area contributed by atoms with Crippen molar-refractivity contribution >= 4 is 5.91 Å². The second-order valence-electron chi connectivity index (χ2n) is 5.02. The molecule has 1 aliphatic rings. The van der Waals surface area contributed by atoms with E-state index in [1.807, 2.05) is 0 Å². The highest BCUT2D eigenvalue weighted by atomic mass is 16.1. The van der Waals surface area contributed by atoms with Crippen LogP contribution in [0.5, 0.6) is 0 Å². The Hall–Kier alpha value is -0.610. The minimum absolute atomic E-state index is 0.0648. The molecule has 1 heterocycles. The lowest BCUT2D eigenvalue weighted by molar-refractivity contribution is -0.119. The van der Waals surface area contributed by atoms with Crippen molar-refractivity contribution in [2.75, 3.05) is 33.7 Å². The first kappa shape index (κ1) is 13.5. The maximum Gasteiger partial charge on any atom is 0.216 e. The van der Waals surface area contributed by atoms with E-state index in [1.54, 1.807) is 6.92 Å². The third-order valence-corrected chi connectivity index (χ3v) is 3.50. The molecule has 16 heavy (non-hydrogen) atoms. The van der Waals surface area contributed by atoms with Crippen LogP contribution in [0.15, 0.2) is 0 Å². The molecular formula is C12H25N3O. The zero-order chi connectivity index (χ0) is 12.1. The number of nitrogens with zero attached hydrogens (tertiary/aromatic N) is 2. The second kappa shape index (κ2) is 6.21. The SMILES string of the molecule is CC(=O)NCC(C)N1CCC(N(C)C)CC1. The van der Waals surface area contributed by atoms with Gasteiger partial charge in [-0.1, -0.05) is 0 Å². The molecule has 0 aromatic heterocycles. The third kappa shape index (κ3) is 4.10. The van der Waals surface area contributed by atoms with Gasteiger partial charge in [0.25, 0.3) is 0 Å². The van der Waals surface area contributed by atoms with Crippen LogP contribution in [0.1, 0.15) is 26.7 Å². The van der Waals surface area contributed by atoms with Gasteiger partial charge in [0.2, 0.25) is 5.91 Å². The van der Waals surface area contributed by atoms with E-state index in [9.17, 15) is 4.79 Å². The van der Waals surface area contributed by atoms with Gasteiger partial charge in [-0.25, -0.2) is 0 Å². The highest BCUT2D eigenvalue weighted by Crippen LogP contribution is 2.15. The number of amides is 1. The van der Waals surface area contributed by atoms with E-state index in [1.165, 1.54) is 12.8 Å². The molecule has 94 valence electrons. The van der Waals surface area contributed by atoms with Gasteiger partial charge in [0.1, 0.15) is 0 Å². The zero-order valence-corrected chi connectivity index (χ0v) is 11.0. The summed E-state index contributed by atoms with van der Waals surface area (Å²) in [4.78, 5) is 15.6. The molecule has 1 N–H and O–H groups in total. The average Bonchev–Trinajstić information content (AvgIpc) is 2.26. The van der Waals surface area contributed by atoms with Gasteiger partial charge in [-0.2, -0.15) is 0 Å². The van der Waals surface area contributed by atoms with Crippen molar-refractivity contribution in [3.05, 3.63) is 0 Å². The Bertz CT molecular complexity index is 222. The predicted molar refractivity (Wildman–Crippen MR) is 66.4 cm³/mol. The smallest absolute Gasteiger partial charge is 0.216 e. The quantitative estimate of drug-likeness (QED) is 0.761. The van der Waals surface area contributed by atoms with Crippen LogP contribution in [0.25, 0.3) is 0 Å². The number of carbonyl (C=O) groups is 1. The maximum absolute atomic E-state index is 10.8. The van der Waals surface area contributed by atoms with Gasteiger partial charge in [-0.15, -0.1) is 0 Å². The first-order valence-electron chi connectivity index (χ1n) is 6.15. The summed E-state index contributed by atoms with van der Waals surface area (Å²) in [5.41, 5.74) is 0. The molecule has 0 radical (unpaired) electrons. The first-order valence-corrected chi connectivity index (χ1v) is 6.15. The first-order chi connectivity index (χ1) is 7.50. The van der Waals surface area contributed by atoms with Crippen molar-refractivity contribution in [2.45, 2.75) is 38.8 Å². The number of piperidine rings is 1. The van der Waals surface area contributed by atoms with E-state index in [0.29, 0.717) is 6.04 Å². The Morgan fingerprint density at radius 3 is 2.44 bits per heavy atom. The van der Waals surface area contributed by atoms with Crippen molar-refractivity contribution in [1.82, 2.24) is 15.1 Å². The maximum atomic E-state index is 10.8. The minimum atomic E-state index is 0.0648. The summed E-state index contributed by atoms with van der Waals surface area (Å²) < 4.78 is 0. The molecule has 1 saturated heterocycles. The van der Waals surface area contributed by atoms with Gasteiger partial charge in [-0.05, 0) is 47.0 Å². The van der Waals surface area contributed by atoms with E-state index in [2.05, 4.69) is 36.1 Å². The molecule has 1 rings (SSSR count). The van der Waals surface area contributed by atoms with Crippen molar-refractivity contribution < 1.29 is 4.79 Å². The Labute approximate surface area is 99.0 Å². The predicted octanol–water partition coefficient (Wildman–Crippen LogP) is 0.537. The van der Waals surface area contributed by atoms with Crippen molar-refractivity contribution in [3.63, 3.8) is 0 Å². The molecule has 0 aromatic carbocycles. The van der Waals surface area contributed by atoms with E-state index in [4.69, 9.17) is 0 Å². The molecule has 0 aliphatic carbocycles. The minimum Gasteiger partial charge on any atom is -0.355 e. The number of nitrogens with one attached hydrogen (secondary N) is 1.